The Morgan fingerprint density at radius 3 is 2.76 bits per heavy atom. The largest absolute Gasteiger partial charge is 0.290 e. The number of carbonyl (C=O) groups excluding carboxylic acids is 1. The lowest BCUT2D eigenvalue weighted by Crippen LogP contribution is -2.30. The van der Waals surface area contributed by atoms with Gasteiger partial charge in [-0.15, -0.1) is 0 Å². The lowest BCUT2D eigenvalue weighted by Gasteiger charge is -2.09. The Bertz CT molecular complexity index is 610. The quantitative estimate of drug-likeness (QED) is 0.462. The van der Waals surface area contributed by atoms with Gasteiger partial charge in [0, 0.05) is 16.1 Å². The third-order valence-corrected chi connectivity index (χ3v) is 3.08. The predicted molar refractivity (Wildman–Crippen MR) is 67.9 cm³/mol. The van der Waals surface area contributed by atoms with Gasteiger partial charge >= 0.3 is 0 Å². The van der Waals surface area contributed by atoms with E-state index in [-0.39, 0.29) is 5.91 Å². The number of amides is 1. The smallest absolute Gasteiger partial charge is 0.265 e. The molecule has 0 aliphatic heterocycles. The van der Waals surface area contributed by atoms with Crippen LogP contribution in [0.3, 0.4) is 0 Å². The van der Waals surface area contributed by atoms with Gasteiger partial charge in [0.1, 0.15) is 0 Å². The fraction of sp³-hybridized carbons (Fsp3) is 0.167. The number of nitrogen functional groups attached to an aromatic ring is 1. The molecule has 0 saturated carbocycles. The number of carbonyl (C=O) groups is 1. The first-order chi connectivity index (χ1) is 8.04. The molecule has 0 fully saturated rings. The first kappa shape index (κ1) is 11.8. The zero-order chi connectivity index (χ0) is 12.6. The Morgan fingerprint density at radius 1 is 1.41 bits per heavy atom. The highest BCUT2D eigenvalue weighted by molar-refractivity contribution is 6.32. The average Bonchev–Trinajstić information content (AvgIpc) is 2.32. The fourth-order valence-corrected chi connectivity index (χ4v) is 1.95. The van der Waals surface area contributed by atoms with E-state index in [9.17, 15) is 4.79 Å². The van der Waals surface area contributed by atoms with Crippen LogP contribution in [0.15, 0.2) is 18.2 Å². The van der Waals surface area contributed by atoms with Crippen LogP contribution in [0.4, 0.5) is 0 Å². The Kier molecular flexibility index (Phi) is 3.00. The molecule has 0 aliphatic rings. The molecule has 1 amide bonds. The number of benzene rings is 1. The van der Waals surface area contributed by atoms with Crippen molar-refractivity contribution < 1.29 is 4.79 Å². The number of aromatic nitrogens is 1. The van der Waals surface area contributed by atoms with Crippen LogP contribution in [-0.2, 0) is 0 Å². The number of nitrogens with two attached hydrogens (primary N) is 1. The van der Waals surface area contributed by atoms with E-state index in [1.807, 2.05) is 13.8 Å². The number of hydrogen-bond acceptors (Lipinski definition) is 3. The standard InChI is InChI=1S/C12H12ClN3O/c1-6-5-9(12(17)16-14)8-3-4-10(13)7(2)11(8)15-6/h3-5H,14H2,1-2H3,(H,16,17). The normalized spacial score (nSPS) is 10.6. The number of rotatable bonds is 1. The van der Waals surface area contributed by atoms with Crippen LogP contribution in [0.1, 0.15) is 21.6 Å². The number of fused-ring (bicyclic) bond motifs is 1. The SMILES string of the molecule is Cc1cc(C(=O)NN)c2ccc(Cl)c(C)c2n1. The van der Waals surface area contributed by atoms with Gasteiger partial charge in [0.05, 0.1) is 11.1 Å². The number of aryl methyl sites for hydroxylation is 2. The summed E-state index contributed by atoms with van der Waals surface area (Å²) in [5.41, 5.74) is 4.99. The van der Waals surface area contributed by atoms with Gasteiger partial charge in [0.2, 0.25) is 0 Å². The van der Waals surface area contributed by atoms with Crippen molar-refractivity contribution in [3.8, 4) is 0 Å². The molecule has 2 rings (SSSR count). The van der Waals surface area contributed by atoms with E-state index in [4.69, 9.17) is 17.4 Å². The highest BCUT2D eigenvalue weighted by Gasteiger charge is 2.13. The Hall–Kier alpha value is -1.65. The minimum atomic E-state index is -0.331. The maximum absolute atomic E-state index is 11.7. The number of pyridine rings is 1. The maximum Gasteiger partial charge on any atom is 0.265 e. The van der Waals surface area contributed by atoms with Crippen molar-refractivity contribution in [3.63, 3.8) is 0 Å². The molecule has 0 unspecified atom stereocenters. The molecule has 5 heteroatoms. The average molecular weight is 250 g/mol. The molecule has 4 nitrogen and oxygen atoms in total. The van der Waals surface area contributed by atoms with Crippen LogP contribution in [0.25, 0.3) is 10.9 Å². The van der Waals surface area contributed by atoms with Gasteiger partial charge in [-0.3, -0.25) is 15.2 Å². The first-order valence-electron chi connectivity index (χ1n) is 5.12. The molecular formula is C12H12ClN3O. The molecular weight excluding hydrogens is 238 g/mol. The molecule has 2 aromatic rings. The van der Waals surface area contributed by atoms with E-state index in [0.717, 1.165) is 22.2 Å². The fourth-order valence-electron chi connectivity index (χ4n) is 1.80. The van der Waals surface area contributed by atoms with Gasteiger partial charge < -0.3 is 0 Å². The number of nitrogens with one attached hydrogen (secondary N) is 1. The van der Waals surface area contributed by atoms with Crippen molar-refractivity contribution in [2.45, 2.75) is 13.8 Å². The lowest BCUT2D eigenvalue weighted by atomic mass is 10.0. The first-order valence-corrected chi connectivity index (χ1v) is 5.49. The van der Waals surface area contributed by atoms with Crippen LogP contribution in [-0.4, -0.2) is 10.9 Å². The van der Waals surface area contributed by atoms with Gasteiger partial charge in [-0.1, -0.05) is 17.7 Å². The Morgan fingerprint density at radius 2 is 2.12 bits per heavy atom. The summed E-state index contributed by atoms with van der Waals surface area (Å²) < 4.78 is 0. The highest BCUT2D eigenvalue weighted by Crippen LogP contribution is 2.26. The summed E-state index contributed by atoms with van der Waals surface area (Å²) in [5.74, 6) is 4.84. The number of nitrogens with zero attached hydrogens (tertiary/aromatic N) is 1. The van der Waals surface area contributed by atoms with Crippen molar-refractivity contribution in [2.75, 3.05) is 0 Å². The minimum absolute atomic E-state index is 0.331. The summed E-state index contributed by atoms with van der Waals surface area (Å²) in [5, 5.41) is 1.38. The Labute approximate surface area is 104 Å². The van der Waals surface area contributed by atoms with Crippen LogP contribution in [0.5, 0.6) is 0 Å². The number of hydrogen-bond donors (Lipinski definition) is 2. The van der Waals surface area contributed by atoms with E-state index < -0.39 is 0 Å². The van der Waals surface area contributed by atoms with E-state index in [0.29, 0.717) is 10.6 Å². The molecule has 0 bridgehead atoms. The molecule has 0 aliphatic carbocycles. The van der Waals surface area contributed by atoms with Crippen molar-refractivity contribution in [3.05, 3.63) is 40.0 Å². The summed E-state index contributed by atoms with van der Waals surface area (Å²) in [6.45, 7) is 3.70. The molecule has 3 N–H and O–H groups in total. The van der Waals surface area contributed by atoms with E-state index in [1.54, 1.807) is 18.2 Å². The Balaban J connectivity index is 2.86. The summed E-state index contributed by atoms with van der Waals surface area (Å²) >= 11 is 6.04. The van der Waals surface area contributed by atoms with E-state index in [1.165, 1.54) is 0 Å². The third-order valence-electron chi connectivity index (χ3n) is 2.67. The molecule has 88 valence electrons. The summed E-state index contributed by atoms with van der Waals surface area (Å²) in [7, 11) is 0. The molecule has 0 atom stereocenters. The van der Waals surface area contributed by atoms with Gasteiger partial charge in [0.15, 0.2) is 0 Å². The molecule has 17 heavy (non-hydrogen) atoms. The summed E-state index contributed by atoms with van der Waals surface area (Å²) in [4.78, 5) is 16.1. The van der Waals surface area contributed by atoms with E-state index in [2.05, 4.69) is 10.4 Å². The van der Waals surface area contributed by atoms with Crippen molar-refractivity contribution in [2.24, 2.45) is 5.84 Å². The van der Waals surface area contributed by atoms with Crippen LogP contribution < -0.4 is 11.3 Å². The maximum atomic E-state index is 11.7. The van der Waals surface area contributed by atoms with Crippen LogP contribution >= 0.6 is 11.6 Å². The molecule has 0 radical (unpaired) electrons. The van der Waals surface area contributed by atoms with Gasteiger partial charge in [-0.2, -0.15) is 0 Å². The molecule has 0 spiro atoms. The van der Waals surface area contributed by atoms with Gasteiger partial charge in [-0.05, 0) is 31.5 Å². The second kappa shape index (κ2) is 4.31. The van der Waals surface area contributed by atoms with Gasteiger partial charge in [0.25, 0.3) is 5.91 Å². The predicted octanol–water partition coefficient (Wildman–Crippen LogP) is 2.11. The third kappa shape index (κ3) is 1.97. The topological polar surface area (TPSA) is 68.0 Å². The summed E-state index contributed by atoms with van der Waals surface area (Å²) in [6, 6.07) is 5.24. The number of hydrazine groups is 1. The summed E-state index contributed by atoms with van der Waals surface area (Å²) in [6.07, 6.45) is 0. The number of halogens is 1. The molecule has 1 aromatic carbocycles. The van der Waals surface area contributed by atoms with Crippen LogP contribution in [0, 0.1) is 13.8 Å². The van der Waals surface area contributed by atoms with E-state index >= 15 is 0 Å². The molecule has 1 heterocycles. The van der Waals surface area contributed by atoms with Crippen molar-refractivity contribution in [1.82, 2.24) is 10.4 Å². The lowest BCUT2D eigenvalue weighted by molar-refractivity contribution is 0.0955. The molecule has 0 saturated heterocycles. The van der Waals surface area contributed by atoms with Crippen molar-refractivity contribution in [1.29, 1.82) is 0 Å². The second-order valence-corrected chi connectivity index (χ2v) is 4.26. The van der Waals surface area contributed by atoms with Crippen LogP contribution in [0.2, 0.25) is 5.02 Å². The zero-order valence-corrected chi connectivity index (χ0v) is 10.3. The monoisotopic (exact) mass is 249 g/mol. The zero-order valence-electron chi connectivity index (χ0n) is 9.54. The van der Waals surface area contributed by atoms with Crippen molar-refractivity contribution >= 4 is 28.4 Å². The highest BCUT2D eigenvalue weighted by atomic mass is 35.5. The second-order valence-electron chi connectivity index (χ2n) is 3.85. The molecule has 1 aromatic heterocycles. The van der Waals surface area contributed by atoms with Gasteiger partial charge in [-0.25, -0.2) is 5.84 Å². The minimum Gasteiger partial charge on any atom is -0.290 e.